The van der Waals surface area contributed by atoms with Crippen LogP contribution in [0.1, 0.15) is 17.5 Å². The highest BCUT2D eigenvalue weighted by molar-refractivity contribution is 7.98. The van der Waals surface area contributed by atoms with E-state index in [1.165, 1.54) is 22.3 Å². The summed E-state index contributed by atoms with van der Waals surface area (Å²) < 4.78 is 22.2. The second kappa shape index (κ2) is 9.05. The van der Waals surface area contributed by atoms with Crippen molar-refractivity contribution in [3.63, 3.8) is 0 Å². The van der Waals surface area contributed by atoms with Gasteiger partial charge in [-0.25, -0.2) is 8.42 Å². The molecule has 1 aromatic rings. The van der Waals surface area contributed by atoms with E-state index >= 15 is 0 Å². The molecule has 0 bridgehead atoms. The Balaban J connectivity index is 2.48. The van der Waals surface area contributed by atoms with Crippen LogP contribution in [0.5, 0.6) is 0 Å². The largest absolute Gasteiger partial charge is 0.356 e. The number of aliphatic imine (C=N–C) groups is 1. The lowest BCUT2D eigenvalue weighted by atomic mass is 10.1. The number of hydrogen-bond acceptors (Lipinski definition) is 4. The van der Waals surface area contributed by atoms with E-state index in [1.807, 2.05) is 0 Å². The summed E-state index contributed by atoms with van der Waals surface area (Å²) in [6.45, 7) is 3.34. The quantitative estimate of drug-likeness (QED) is 0.342. The zero-order chi connectivity index (χ0) is 16.6. The Hall–Kier alpha value is -1.21. The summed E-state index contributed by atoms with van der Waals surface area (Å²) >= 11 is 1.73. The summed E-state index contributed by atoms with van der Waals surface area (Å²) in [6.07, 6.45) is 3.89. The SMILES string of the molecule is CN=C(NCCCS(C)(=O)=O)NCc1ccc(C)cc1SC. The van der Waals surface area contributed by atoms with Gasteiger partial charge in [0.15, 0.2) is 5.96 Å². The highest BCUT2D eigenvalue weighted by Crippen LogP contribution is 2.21. The Morgan fingerprint density at radius 2 is 2.05 bits per heavy atom. The van der Waals surface area contributed by atoms with Gasteiger partial charge in [-0.1, -0.05) is 12.1 Å². The van der Waals surface area contributed by atoms with Crippen LogP contribution in [0.4, 0.5) is 0 Å². The first-order valence-electron chi connectivity index (χ1n) is 7.11. The minimum Gasteiger partial charge on any atom is -0.356 e. The number of sulfone groups is 1. The van der Waals surface area contributed by atoms with Crippen molar-refractivity contribution in [3.05, 3.63) is 29.3 Å². The molecule has 0 radical (unpaired) electrons. The molecule has 0 saturated carbocycles. The van der Waals surface area contributed by atoms with Gasteiger partial charge in [0.05, 0.1) is 5.75 Å². The smallest absolute Gasteiger partial charge is 0.191 e. The van der Waals surface area contributed by atoms with E-state index in [1.54, 1.807) is 18.8 Å². The van der Waals surface area contributed by atoms with Crippen molar-refractivity contribution in [1.82, 2.24) is 10.6 Å². The van der Waals surface area contributed by atoms with Crippen LogP contribution in [0, 0.1) is 6.92 Å². The van der Waals surface area contributed by atoms with Crippen LogP contribution in [0.15, 0.2) is 28.1 Å². The van der Waals surface area contributed by atoms with Crippen molar-refractivity contribution in [1.29, 1.82) is 0 Å². The number of nitrogens with zero attached hydrogens (tertiary/aromatic N) is 1. The maximum Gasteiger partial charge on any atom is 0.191 e. The second-order valence-electron chi connectivity index (χ2n) is 5.15. The number of thioether (sulfide) groups is 1. The molecule has 0 aliphatic rings. The third-order valence-electron chi connectivity index (χ3n) is 3.10. The molecule has 5 nitrogen and oxygen atoms in total. The van der Waals surface area contributed by atoms with Crippen molar-refractivity contribution in [2.45, 2.75) is 24.8 Å². The van der Waals surface area contributed by atoms with Crippen molar-refractivity contribution in [2.75, 3.05) is 31.9 Å². The van der Waals surface area contributed by atoms with E-state index in [2.05, 4.69) is 47.0 Å². The predicted molar refractivity (Wildman–Crippen MR) is 95.5 cm³/mol. The fraction of sp³-hybridized carbons (Fsp3) is 0.533. The molecule has 7 heteroatoms. The molecule has 1 aromatic carbocycles. The Morgan fingerprint density at radius 1 is 1.32 bits per heavy atom. The monoisotopic (exact) mass is 343 g/mol. The minimum atomic E-state index is -2.90. The Labute approximate surface area is 137 Å². The molecule has 0 aliphatic heterocycles. The molecule has 22 heavy (non-hydrogen) atoms. The maximum atomic E-state index is 11.1. The first-order valence-corrected chi connectivity index (χ1v) is 10.4. The summed E-state index contributed by atoms with van der Waals surface area (Å²) in [6, 6.07) is 6.38. The number of aryl methyl sites for hydroxylation is 1. The summed E-state index contributed by atoms with van der Waals surface area (Å²) in [4.78, 5) is 5.40. The number of hydrogen-bond donors (Lipinski definition) is 2. The van der Waals surface area contributed by atoms with Crippen LogP contribution in [0.3, 0.4) is 0 Å². The molecule has 0 atom stereocenters. The fourth-order valence-electron chi connectivity index (χ4n) is 1.94. The molecule has 0 unspecified atom stereocenters. The first-order chi connectivity index (χ1) is 10.4. The molecule has 0 aromatic heterocycles. The maximum absolute atomic E-state index is 11.1. The number of rotatable bonds is 7. The van der Waals surface area contributed by atoms with Gasteiger partial charge in [-0.15, -0.1) is 11.8 Å². The molecule has 0 spiro atoms. The summed E-state index contributed by atoms with van der Waals surface area (Å²) in [5.41, 5.74) is 2.47. The highest BCUT2D eigenvalue weighted by Gasteiger charge is 2.05. The van der Waals surface area contributed by atoms with E-state index in [0.717, 1.165) is 0 Å². The van der Waals surface area contributed by atoms with Crippen molar-refractivity contribution in [2.24, 2.45) is 4.99 Å². The van der Waals surface area contributed by atoms with Gasteiger partial charge >= 0.3 is 0 Å². The molecule has 1 rings (SSSR count). The normalized spacial score (nSPS) is 12.3. The first kappa shape index (κ1) is 18.8. The number of nitrogens with one attached hydrogen (secondary N) is 2. The third-order valence-corrected chi connectivity index (χ3v) is 4.95. The van der Waals surface area contributed by atoms with Crippen LogP contribution in [-0.2, 0) is 16.4 Å². The van der Waals surface area contributed by atoms with Gasteiger partial charge in [0.1, 0.15) is 9.84 Å². The average molecular weight is 344 g/mol. The zero-order valence-electron chi connectivity index (χ0n) is 13.6. The van der Waals surface area contributed by atoms with Crippen LogP contribution in [0.25, 0.3) is 0 Å². The van der Waals surface area contributed by atoms with E-state index < -0.39 is 9.84 Å². The van der Waals surface area contributed by atoms with E-state index in [4.69, 9.17) is 0 Å². The molecule has 0 heterocycles. The summed E-state index contributed by atoms with van der Waals surface area (Å²) in [7, 11) is -1.20. The highest BCUT2D eigenvalue weighted by atomic mass is 32.2. The molecule has 0 saturated heterocycles. The summed E-state index contributed by atoms with van der Waals surface area (Å²) in [5, 5.41) is 6.38. The molecule has 2 N–H and O–H groups in total. The molecule has 0 aliphatic carbocycles. The lowest BCUT2D eigenvalue weighted by molar-refractivity contribution is 0.598. The van der Waals surface area contributed by atoms with E-state index in [9.17, 15) is 8.42 Å². The Bertz CT molecular complexity index is 613. The molecule has 0 amide bonds. The van der Waals surface area contributed by atoms with Gasteiger partial charge in [-0.2, -0.15) is 0 Å². The molecular weight excluding hydrogens is 318 g/mol. The van der Waals surface area contributed by atoms with Gasteiger partial charge in [0.2, 0.25) is 0 Å². The van der Waals surface area contributed by atoms with E-state index in [-0.39, 0.29) is 5.75 Å². The number of benzene rings is 1. The molecule has 0 fully saturated rings. The molecular formula is C15H25N3O2S2. The minimum absolute atomic E-state index is 0.186. The second-order valence-corrected chi connectivity index (χ2v) is 8.26. The van der Waals surface area contributed by atoms with Crippen LogP contribution in [0.2, 0.25) is 0 Å². The van der Waals surface area contributed by atoms with Crippen LogP contribution in [-0.4, -0.2) is 46.2 Å². The Kier molecular flexibility index (Phi) is 7.75. The van der Waals surface area contributed by atoms with Crippen LogP contribution >= 0.6 is 11.8 Å². The van der Waals surface area contributed by atoms with Gasteiger partial charge < -0.3 is 10.6 Å². The number of guanidine groups is 1. The average Bonchev–Trinajstić information content (AvgIpc) is 2.46. The summed E-state index contributed by atoms with van der Waals surface area (Å²) in [5.74, 6) is 0.868. The van der Waals surface area contributed by atoms with Crippen molar-refractivity contribution in [3.8, 4) is 0 Å². The van der Waals surface area contributed by atoms with Crippen molar-refractivity contribution < 1.29 is 8.42 Å². The van der Waals surface area contributed by atoms with Gasteiger partial charge in [0, 0.05) is 31.3 Å². The van der Waals surface area contributed by atoms with Gasteiger partial charge in [-0.05, 0) is 36.8 Å². The fourth-order valence-corrected chi connectivity index (χ4v) is 3.31. The third kappa shape index (κ3) is 7.17. The molecule has 124 valence electrons. The topological polar surface area (TPSA) is 70.6 Å². The van der Waals surface area contributed by atoms with Gasteiger partial charge in [-0.3, -0.25) is 4.99 Å². The predicted octanol–water partition coefficient (Wildman–Crippen LogP) is 1.82. The lowest BCUT2D eigenvalue weighted by Gasteiger charge is -2.14. The standard InChI is InChI=1S/C15H25N3O2S2/c1-12-6-7-13(14(10-12)21-3)11-18-15(16-2)17-8-5-9-22(4,19)20/h6-7,10H,5,8-9,11H2,1-4H3,(H2,16,17,18). The van der Waals surface area contributed by atoms with Crippen LogP contribution < -0.4 is 10.6 Å². The van der Waals surface area contributed by atoms with Gasteiger partial charge in [0.25, 0.3) is 0 Å². The van der Waals surface area contributed by atoms with Crippen molar-refractivity contribution >= 4 is 27.6 Å². The Morgan fingerprint density at radius 3 is 2.64 bits per heavy atom. The lowest BCUT2D eigenvalue weighted by Crippen LogP contribution is -2.37. The zero-order valence-corrected chi connectivity index (χ0v) is 15.3. The van der Waals surface area contributed by atoms with E-state index in [0.29, 0.717) is 25.5 Å².